The third kappa shape index (κ3) is 3.89. The van der Waals surface area contributed by atoms with E-state index in [1.807, 2.05) is 31.2 Å². The number of oxime groups is 1. The number of amidine groups is 1. The van der Waals surface area contributed by atoms with Crippen LogP contribution in [0.2, 0.25) is 0 Å². The summed E-state index contributed by atoms with van der Waals surface area (Å²) in [6, 6.07) is 7.89. The molecule has 3 N–H and O–H groups in total. The summed E-state index contributed by atoms with van der Waals surface area (Å²) in [5, 5.41) is 6.89. The summed E-state index contributed by atoms with van der Waals surface area (Å²) < 4.78 is 0. The van der Waals surface area contributed by atoms with Gasteiger partial charge in [-0.2, -0.15) is 0 Å². The van der Waals surface area contributed by atoms with Crippen molar-refractivity contribution in [3.05, 3.63) is 35.4 Å². The van der Waals surface area contributed by atoms with E-state index < -0.39 is 0 Å². The zero-order valence-electron chi connectivity index (χ0n) is 14.5. The maximum atomic E-state index is 12.0. The molecule has 2 aliphatic rings. The average Bonchev–Trinajstić information content (AvgIpc) is 3.18. The Morgan fingerprint density at radius 1 is 1.33 bits per heavy atom. The van der Waals surface area contributed by atoms with E-state index in [4.69, 9.17) is 10.6 Å². The zero-order valence-corrected chi connectivity index (χ0v) is 14.5. The molecule has 2 fully saturated rings. The Morgan fingerprint density at radius 2 is 2.08 bits per heavy atom. The third-order valence-corrected chi connectivity index (χ3v) is 5.53. The minimum Gasteiger partial charge on any atom is -0.384 e. The first-order chi connectivity index (χ1) is 11.5. The SMILES string of the molecule is Cc1ccc(/C(N)=N\OCC(=O)N[C@H](C)[C@@H]2C[C@@H]3CC[C@@H]2C3)cc1. The van der Waals surface area contributed by atoms with E-state index in [1.165, 1.54) is 25.7 Å². The number of nitrogens with two attached hydrogens (primary N) is 1. The molecule has 0 radical (unpaired) electrons. The molecule has 1 aromatic carbocycles. The Labute approximate surface area is 143 Å². The summed E-state index contributed by atoms with van der Waals surface area (Å²) in [6.07, 6.45) is 5.30. The van der Waals surface area contributed by atoms with Crippen LogP contribution in [0.3, 0.4) is 0 Å². The molecule has 1 amide bonds. The summed E-state index contributed by atoms with van der Waals surface area (Å²) in [5.41, 5.74) is 7.81. The second-order valence-electron chi connectivity index (χ2n) is 7.31. The Kier molecular flexibility index (Phi) is 5.07. The number of amides is 1. The standard InChI is InChI=1S/C19H27N3O2/c1-12-3-6-15(7-4-12)19(20)22-24-11-18(23)21-13(2)17-10-14-5-8-16(17)9-14/h3-4,6-7,13-14,16-17H,5,8-11H2,1-2H3,(H2,20,22)(H,21,23)/t13-,14-,16-,17+/m1/s1. The number of carbonyl (C=O) groups is 1. The first-order valence-electron chi connectivity index (χ1n) is 8.84. The fourth-order valence-corrected chi connectivity index (χ4v) is 4.25. The molecule has 0 aliphatic heterocycles. The maximum absolute atomic E-state index is 12.0. The minimum atomic E-state index is -0.134. The van der Waals surface area contributed by atoms with Gasteiger partial charge < -0.3 is 15.9 Å². The highest BCUT2D eigenvalue weighted by Crippen LogP contribution is 2.49. The van der Waals surface area contributed by atoms with E-state index in [-0.39, 0.29) is 24.4 Å². The highest BCUT2D eigenvalue weighted by molar-refractivity contribution is 5.97. The fraction of sp³-hybridized carbons (Fsp3) is 0.579. The van der Waals surface area contributed by atoms with Crippen molar-refractivity contribution in [1.82, 2.24) is 5.32 Å². The van der Waals surface area contributed by atoms with Gasteiger partial charge in [0, 0.05) is 11.6 Å². The number of aryl methyl sites for hydroxylation is 1. The average molecular weight is 329 g/mol. The molecule has 0 heterocycles. The molecule has 2 bridgehead atoms. The predicted molar refractivity (Wildman–Crippen MR) is 94.4 cm³/mol. The van der Waals surface area contributed by atoms with Crippen LogP contribution in [0.5, 0.6) is 0 Å². The van der Waals surface area contributed by atoms with Crippen LogP contribution in [0.4, 0.5) is 0 Å². The van der Waals surface area contributed by atoms with Crippen molar-refractivity contribution < 1.29 is 9.63 Å². The number of hydrogen-bond donors (Lipinski definition) is 2. The largest absolute Gasteiger partial charge is 0.384 e. The van der Waals surface area contributed by atoms with Gasteiger partial charge in [0.1, 0.15) is 0 Å². The summed E-state index contributed by atoms with van der Waals surface area (Å²) in [7, 11) is 0. The number of nitrogens with zero attached hydrogens (tertiary/aromatic N) is 1. The Balaban J connectivity index is 1.43. The molecule has 24 heavy (non-hydrogen) atoms. The van der Waals surface area contributed by atoms with Crippen molar-refractivity contribution >= 4 is 11.7 Å². The van der Waals surface area contributed by atoms with Crippen LogP contribution >= 0.6 is 0 Å². The Bertz CT molecular complexity index is 612. The molecular weight excluding hydrogens is 302 g/mol. The van der Waals surface area contributed by atoms with Gasteiger partial charge in [-0.3, -0.25) is 4.79 Å². The number of hydrogen-bond acceptors (Lipinski definition) is 3. The van der Waals surface area contributed by atoms with Gasteiger partial charge in [0.2, 0.25) is 0 Å². The van der Waals surface area contributed by atoms with E-state index in [1.54, 1.807) is 0 Å². The quantitative estimate of drug-likeness (QED) is 0.478. The van der Waals surface area contributed by atoms with Gasteiger partial charge in [-0.05, 0) is 50.9 Å². The van der Waals surface area contributed by atoms with Crippen molar-refractivity contribution in [1.29, 1.82) is 0 Å². The Hall–Kier alpha value is -2.04. The lowest BCUT2D eigenvalue weighted by atomic mass is 9.84. The molecule has 1 aromatic rings. The molecule has 2 saturated carbocycles. The van der Waals surface area contributed by atoms with E-state index in [0.29, 0.717) is 5.92 Å². The van der Waals surface area contributed by atoms with Crippen molar-refractivity contribution in [2.45, 2.75) is 45.6 Å². The highest BCUT2D eigenvalue weighted by Gasteiger charge is 2.42. The lowest BCUT2D eigenvalue weighted by Crippen LogP contribution is -2.41. The van der Waals surface area contributed by atoms with E-state index in [9.17, 15) is 4.79 Å². The van der Waals surface area contributed by atoms with Gasteiger partial charge in [-0.1, -0.05) is 41.4 Å². The van der Waals surface area contributed by atoms with Gasteiger partial charge in [-0.25, -0.2) is 0 Å². The summed E-state index contributed by atoms with van der Waals surface area (Å²) in [4.78, 5) is 17.2. The highest BCUT2D eigenvalue weighted by atomic mass is 16.6. The van der Waals surface area contributed by atoms with Gasteiger partial charge in [0.25, 0.3) is 5.91 Å². The van der Waals surface area contributed by atoms with Crippen LogP contribution < -0.4 is 11.1 Å². The smallest absolute Gasteiger partial charge is 0.260 e. The lowest BCUT2D eigenvalue weighted by Gasteiger charge is -2.28. The molecule has 0 spiro atoms. The zero-order chi connectivity index (χ0) is 17.1. The molecule has 2 aliphatic carbocycles. The van der Waals surface area contributed by atoms with E-state index in [2.05, 4.69) is 17.4 Å². The van der Waals surface area contributed by atoms with Gasteiger partial charge >= 0.3 is 0 Å². The number of benzene rings is 1. The monoisotopic (exact) mass is 329 g/mol. The number of carbonyl (C=O) groups excluding carboxylic acids is 1. The first-order valence-corrected chi connectivity index (χ1v) is 8.84. The number of nitrogens with one attached hydrogen (secondary N) is 1. The van der Waals surface area contributed by atoms with Crippen LogP contribution in [0.1, 0.15) is 43.7 Å². The fourth-order valence-electron chi connectivity index (χ4n) is 4.25. The number of rotatable bonds is 6. The van der Waals surface area contributed by atoms with Gasteiger partial charge in [-0.15, -0.1) is 0 Å². The topological polar surface area (TPSA) is 76.7 Å². The van der Waals surface area contributed by atoms with Gasteiger partial charge in [0.05, 0.1) is 0 Å². The summed E-state index contributed by atoms with van der Waals surface area (Å²) in [5.74, 6) is 2.44. The lowest BCUT2D eigenvalue weighted by molar-refractivity contribution is -0.126. The van der Waals surface area contributed by atoms with E-state index in [0.717, 1.165) is 23.0 Å². The predicted octanol–water partition coefficient (Wildman–Crippen LogP) is 2.57. The van der Waals surface area contributed by atoms with Crippen LogP contribution in [0, 0.1) is 24.7 Å². The number of fused-ring (bicyclic) bond motifs is 2. The van der Waals surface area contributed by atoms with Gasteiger partial charge in [0.15, 0.2) is 12.4 Å². The minimum absolute atomic E-state index is 0.0995. The molecule has 3 rings (SSSR count). The van der Waals surface area contributed by atoms with E-state index >= 15 is 0 Å². The molecule has 130 valence electrons. The molecule has 5 nitrogen and oxygen atoms in total. The maximum Gasteiger partial charge on any atom is 0.260 e. The van der Waals surface area contributed by atoms with Crippen LogP contribution in [0.15, 0.2) is 29.4 Å². The second-order valence-corrected chi connectivity index (χ2v) is 7.31. The van der Waals surface area contributed by atoms with Crippen LogP contribution in [0.25, 0.3) is 0 Å². The molecule has 0 unspecified atom stereocenters. The van der Waals surface area contributed by atoms with Crippen LogP contribution in [-0.2, 0) is 9.63 Å². The normalized spacial score (nSPS) is 27.1. The molecule has 0 saturated heterocycles. The van der Waals surface area contributed by atoms with Crippen molar-refractivity contribution in [3.63, 3.8) is 0 Å². The third-order valence-electron chi connectivity index (χ3n) is 5.53. The Morgan fingerprint density at radius 3 is 2.71 bits per heavy atom. The summed E-state index contributed by atoms with van der Waals surface area (Å²) >= 11 is 0. The van der Waals surface area contributed by atoms with Crippen molar-refractivity contribution in [2.24, 2.45) is 28.6 Å². The first kappa shape index (κ1) is 16.8. The molecular formula is C19H27N3O2. The van der Waals surface area contributed by atoms with Crippen LogP contribution in [-0.4, -0.2) is 24.4 Å². The van der Waals surface area contributed by atoms with Crippen molar-refractivity contribution in [3.8, 4) is 0 Å². The van der Waals surface area contributed by atoms with Crippen molar-refractivity contribution in [2.75, 3.05) is 6.61 Å². The molecule has 0 aromatic heterocycles. The summed E-state index contributed by atoms with van der Waals surface area (Å²) in [6.45, 7) is 4.01. The molecule has 4 atom stereocenters. The second kappa shape index (κ2) is 7.24. The molecule has 5 heteroatoms.